The van der Waals surface area contributed by atoms with Crippen LogP contribution in [0.5, 0.6) is 0 Å². The highest BCUT2D eigenvalue weighted by Gasteiger charge is 2.12. The highest BCUT2D eigenvalue weighted by atomic mass is 16.3. The summed E-state index contributed by atoms with van der Waals surface area (Å²) in [6, 6.07) is 15.9. The van der Waals surface area contributed by atoms with E-state index < -0.39 is 0 Å². The highest BCUT2D eigenvalue weighted by Crippen LogP contribution is 2.32. The number of hydrogen-bond acceptors (Lipinski definition) is 1. The van der Waals surface area contributed by atoms with E-state index in [1.54, 1.807) is 0 Å². The lowest BCUT2D eigenvalue weighted by molar-refractivity contribution is 0.513. The lowest BCUT2D eigenvalue weighted by atomic mass is 9.96. The lowest BCUT2D eigenvalue weighted by Gasteiger charge is -2.08. The molecule has 16 heavy (non-hydrogen) atoms. The molecule has 1 aliphatic carbocycles. The molecule has 0 amide bonds. The molecular weight excluding hydrogens is 196 g/mol. The van der Waals surface area contributed by atoms with E-state index in [2.05, 4.69) is 11.8 Å². The Balaban J connectivity index is 2.42. The summed E-state index contributed by atoms with van der Waals surface area (Å²) in [5, 5.41) is 9.89. The Morgan fingerprint density at radius 3 is 2.19 bits per heavy atom. The summed E-state index contributed by atoms with van der Waals surface area (Å²) in [4.78, 5) is 0. The topological polar surface area (TPSA) is 20.2 Å². The summed E-state index contributed by atoms with van der Waals surface area (Å²) in [7, 11) is 0. The monoisotopic (exact) mass is 206 g/mol. The summed E-state index contributed by atoms with van der Waals surface area (Å²) in [5.41, 5.74) is 7.01. The van der Waals surface area contributed by atoms with Gasteiger partial charge in [-0.05, 0) is 28.8 Å². The molecule has 76 valence electrons. The second kappa shape index (κ2) is 3.41. The van der Waals surface area contributed by atoms with Crippen molar-refractivity contribution in [3.8, 4) is 11.1 Å². The molecule has 2 aromatic rings. The van der Waals surface area contributed by atoms with Gasteiger partial charge in [-0.15, -0.1) is 0 Å². The van der Waals surface area contributed by atoms with Gasteiger partial charge in [0.15, 0.2) is 5.76 Å². The van der Waals surface area contributed by atoms with Gasteiger partial charge in [0.25, 0.3) is 0 Å². The number of aliphatic hydroxyl groups excluding tert-OH is 1. The molecule has 2 aromatic carbocycles. The quantitative estimate of drug-likeness (QED) is 0.648. The zero-order valence-corrected chi connectivity index (χ0v) is 8.64. The minimum atomic E-state index is 0.201. The van der Waals surface area contributed by atoms with Crippen LogP contribution in [0.25, 0.3) is 23.0 Å². The van der Waals surface area contributed by atoms with Crippen molar-refractivity contribution in [3.05, 3.63) is 65.4 Å². The summed E-state index contributed by atoms with van der Waals surface area (Å²) in [6.45, 7) is 0. The van der Waals surface area contributed by atoms with E-state index >= 15 is 0 Å². The van der Waals surface area contributed by atoms with Crippen molar-refractivity contribution in [2.75, 3.05) is 0 Å². The maximum Gasteiger partial charge on any atom is 0.167 e. The third-order valence-electron chi connectivity index (χ3n) is 2.80. The highest BCUT2D eigenvalue weighted by molar-refractivity contribution is 5.86. The first-order valence-electron chi connectivity index (χ1n) is 5.21. The number of fused-ring (bicyclic) bond motifs is 3. The first kappa shape index (κ1) is 9.02. The van der Waals surface area contributed by atoms with Crippen molar-refractivity contribution in [2.45, 2.75) is 0 Å². The van der Waals surface area contributed by atoms with Gasteiger partial charge in [0.2, 0.25) is 0 Å². The van der Waals surface area contributed by atoms with Gasteiger partial charge in [-0.2, -0.15) is 0 Å². The van der Waals surface area contributed by atoms with Crippen LogP contribution in [-0.4, -0.2) is 5.11 Å². The van der Waals surface area contributed by atoms with E-state index in [9.17, 15) is 5.11 Å². The SMILES string of the molecule is OC1=C=Cc2ccccc2-c2ccccc21. The average molecular weight is 206 g/mol. The molecule has 0 atom stereocenters. The number of benzene rings is 2. The van der Waals surface area contributed by atoms with Crippen LogP contribution in [0.3, 0.4) is 0 Å². The van der Waals surface area contributed by atoms with Crippen molar-refractivity contribution in [1.29, 1.82) is 0 Å². The third-order valence-corrected chi connectivity index (χ3v) is 2.80. The Morgan fingerprint density at radius 2 is 1.38 bits per heavy atom. The zero-order valence-electron chi connectivity index (χ0n) is 8.64. The van der Waals surface area contributed by atoms with Crippen molar-refractivity contribution < 1.29 is 5.11 Å². The molecule has 1 heteroatoms. The van der Waals surface area contributed by atoms with Crippen LogP contribution < -0.4 is 0 Å². The summed E-state index contributed by atoms with van der Waals surface area (Å²) in [5.74, 6) is 0.201. The van der Waals surface area contributed by atoms with Crippen molar-refractivity contribution >= 4 is 11.8 Å². The Hall–Kier alpha value is -2.24. The number of rotatable bonds is 0. The van der Waals surface area contributed by atoms with Crippen molar-refractivity contribution in [2.24, 2.45) is 0 Å². The first-order chi connectivity index (χ1) is 7.86. The molecular formula is C15H10O. The molecule has 0 radical (unpaired) electrons. The van der Waals surface area contributed by atoms with Gasteiger partial charge in [0.1, 0.15) is 0 Å². The summed E-state index contributed by atoms with van der Waals surface area (Å²) < 4.78 is 0. The molecule has 3 rings (SSSR count). The third kappa shape index (κ3) is 1.27. The zero-order chi connectivity index (χ0) is 11.0. The molecule has 1 nitrogen and oxygen atoms in total. The van der Waals surface area contributed by atoms with Crippen LogP contribution in [-0.2, 0) is 0 Å². The van der Waals surface area contributed by atoms with Gasteiger partial charge in [-0.3, -0.25) is 0 Å². The molecule has 1 aliphatic rings. The van der Waals surface area contributed by atoms with E-state index in [1.807, 2.05) is 48.5 Å². The van der Waals surface area contributed by atoms with E-state index in [4.69, 9.17) is 0 Å². The second-order valence-electron chi connectivity index (χ2n) is 3.77. The Labute approximate surface area is 94.0 Å². The molecule has 0 aliphatic heterocycles. The minimum absolute atomic E-state index is 0.201. The maximum absolute atomic E-state index is 9.89. The normalized spacial score (nSPS) is 12.4. The van der Waals surface area contributed by atoms with E-state index in [0.29, 0.717) is 0 Å². The molecule has 1 N–H and O–H groups in total. The average Bonchev–Trinajstić information content (AvgIpc) is 2.49. The van der Waals surface area contributed by atoms with Gasteiger partial charge in [0.05, 0.1) is 0 Å². The smallest absolute Gasteiger partial charge is 0.167 e. The molecule has 0 aromatic heterocycles. The van der Waals surface area contributed by atoms with Gasteiger partial charge in [0, 0.05) is 5.56 Å². The van der Waals surface area contributed by atoms with Crippen LogP contribution in [0.1, 0.15) is 11.1 Å². The molecule has 0 saturated carbocycles. The van der Waals surface area contributed by atoms with E-state index in [-0.39, 0.29) is 5.76 Å². The van der Waals surface area contributed by atoms with Gasteiger partial charge < -0.3 is 5.11 Å². The standard InChI is InChI=1S/C15H10O/c16-15-10-9-11-5-1-2-6-12(11)13-7-3-4-8-14(13)15/h1-9,16H. The Bertz CT molecular complexity index is 617. The maximum atomic E-state index is 9.89. The molecule has 0 bridgehead atoms. The van der Waals surface area contributed by atoms with Crippen molar-refractivity contribution in [3.63, 3.8) is 0 Å². The first-order valence-corrected chi connectivity index (χ1v) is 5.21. The predicted octanol–water partition coefficient (Wildman–Crippen LogP) is 3.88. The van der Waals surface area contributed by atoms with Crippen LogP contribution >= 0.6 is 0 Å². The molecule has 0 heterocycles. The van der Waals surface area contributed by atoms with Crippen LogP contribution in [0.15, 0.2) is 54.3 Å². The minimum Gasteiger partial charge on any atom is -0.501 e. The Kier molecular flexibility index (Phi) is 1.92. The fraction of sp³-hybridized carbons (Fsp3) is 0. The van der Waals surface area contributed by atoms with Crippen LogP contribution in [0.2, 0.25) is 0 Å². The summed E-state index contributed by atoms with van der Waals surface area (Å²) in [6.07, 6.45) is 1.82. The molecule has 0 fully saturated rings. The van der Waals surface area contributed by atoms with Gasteiger partial charge in [-0.1, -0.05) is 48.2 Å². The lowest BCUT2D eigenvalue weighted by Crippen LogP contribution is -1.87. The van der Waals surface area contributed by atoms with E-state index in [0.717, 1.165) is 22.3 Å². The van der Waals surface area contributed by atoms with Gasteiger partial charge in [-0.25, -0.2) is 0 Å². The van der Waals surface area contributed by atoms with Crippen molar-refractivity contribution in [1.82, 2.24) is 0 Å². The number of hydrogen-bond donors (Lipinski definition) is 1. The summed E-state index contributed by atoms with van der Waals surface area (Å²) >= 11 is 0. The van der Waals surface area contributed by atoms with Gasteiger partial charge >= 0.3 is 0 Å². The molecule has 0 unspecified atom stereocenters. The van der Waals surface area contributed by atoms with Crippen LogP contribution in [0, 0.1) is 0 Å². The Morgan fingerprint density at radius 1 is 0.750 bits per heavy atom. The fourth-order valence-electron chi connectivity index (χ4n) is 2.02. The fourth-order valence-corrected chi connectivity index (χ4v) is 2.02. The molecule has 0 spiro atoms. The second-order valence-corrected chi connectivity index (χ2v) is 3.77. The largest absolute Gasteiger partial charge is 0.501 e. The number of aliphatic hydroxyl groups is 1. The van der Waals surface area contributed by atoms with E-state index in [1.165, 1.54) is 0 Å². The van der Waals surface area contributed by atoms with Crippen LogP contribution in [0.4, 0.5) is 0 Å². The predicted molar refractivity (Wildman–Crippen MR) is 65.9 cm³/mol. The molecule has 0 saturated heterocycles.